The Morgan fingerprint density at radius 1 is 1.47 bits per heavy atom. The molecular formula is C14H23O2P. The SMILES string of the molecule is CCC1(CC)CC(O)/C=C/C=C(P)\C=C(/C)O1. The molecule has 0 fully saturated rings. The Labute approximate surface area is 107 Å². The van der Waals surface area contributed by atoms with Crippen molar-refractivity contribution in [1.29, 1.82) is 0 Å². The molecule has 1 aliphatic rings. The molecule has 0 spiro atoms. The third-order valence-corrected chi connectivity index (χ3v) is 3.60. The minimum Gasteiger partial charge on any atom is -0.492 e. The Balaban J connectivity index is 3.05. The van der Waals surface area contributed by atoms with Crippen molar-refractivity contribution in [2.75, 3.05) is 0 Å². The van der Waals surface area contributed by atoms with Crippen molar-refractivity contribution in [2.45, 2.75) is 51.7 Å². The van der Waals surface area contributed by atoms with Crippen LogP contribution in [0, 0.1) is 0 Å². The molecule has 0 aliphatic carbocycles. The van der Waals surface area contributed by atoms with Gasteiger partial charge in [0.25, 0.3) is 0 Å². The topological polar surface area (TPSA) is 29.5 Å². The van der Waals surface area contributed by atoms with E-state index in [-0.39, 0.29) is 5.60 Å². The maximum Gasteiger partial charge on any atom is 0.111 e. The van der Waals surface area contributed by atoms with Crippen LogP contribution in [0.2, 0.25) is 0 Å². The maximum atomic E-state index is 9.98. The highest BCUT2D eigenvalue weighted by Gasteiger charge is 2.30. The van der Waals surface area contributed by atoms with Crippen LogP contribution in [0.5, 0.6) is 0 Å². The summed E-state index contributed by atoms with van der Waals surface area (Å²) in [6.07, 6.45) is 9.67. The minimum atomic E-state index is -0.449. The first-order chi connectivity index (χ1) is 8.01. The fraction of sp³-hybridized carbons (Fsp3) is 0.571. The maximum absolute atomic E-state index is 9.98. The van der Waals surface area contributed by atoms with Crippen molar-refractivity contribution in [3.63, 3.8) is 0 Å². The van der Waals surface area contributed by atoms with E-state index in [1.165, 1.54) is 0 Å². The lowest BCUT2D eigenvalue weighted by Crippen LogP contribution is -2.34. The second-order valence-corrected chi connectivity index (χ2v) is 5.24. The number of rotatable bonds is 2. The molecule has 1 heterocycles. The number of hydrogen-bond acceptors (Lipinski definition) is 2. The zero-order chi connectivity index (χ0) is 12.9. The predicted molar refractivity (Wildman–Crippen MR) is 75.7 cm³/mol. The Bertz CT molecular complexity index is 338. The predicted octanol–water partition coefficient (Wildman–Crippen LogP) is 3.55. The van der Waals surface area contributed by atoms with Crippen LogP contribution in [0.25, 0.3) is 0 Å². The fourth-order valence-corrected chi connectivity index (χ4v) is 2.47. The number of aliphatic hydroxyl groups excluding tert-OH is 1. The van der Waals surface area contributed by atoms with Gasteiger partial charge in [-0.1, -0.05) is 32.1 Å². The number of hydrogen-bond donors (Lipinski definition) is 1. The van der Waals surface area contributed by atoms with Gasteiger partial charge >= 0.3 is 0 Å². The van der Waals surface area contributed by atoms with Crippen molar-refractivity contribution < 1.29 is 9.84 Å². The summed E-state index contributed by atoms with van der Waals surface area (Å²) in [5.41, 5.74) is -0.257. The van der Waals surface area contributed by atoms with E-state index >= 15 is 0 Å². The Morgan fingerprint density at radius 2 is 2.12 bits per heavy atom. The molecule has 1 aliphatic heterocycles. The lowest BCUT2D eigenvalue weighted by atomic mass is 9.89. The van der Waals surface area contributed by atoms with Gasteiger partial charge in [-0.2, -0.15) is 0 Å². The summed E-state index contributed by atoms with van der Waals surface area (Å²) in [6, 6.07) is 0. The largest absolute Gasteiger partial charge is 0.492 e. The van der Waals surface area contributed by atoms with Gasteiger partial charge in [-0.3, -0.25) is 0 Å². The quantitative estimate of drug-likeness (QED) is 0.764. The molecule has 2 atom stereocenters. The van der Waals surface area contributed by atoms with Crippen molar-refractivity contribution in [3.05, 3.63) is 35.4 Å². The third kappa shape index (κ3) is 4.29. The van der Waals surface area contributed by atoms with Crippen molar-refractivity contribution >= 4 is 9.24 Å². The van der Waals surface area contributed by atoms with E-state index in [1.807, 2.05) is 31.2 Å². The van der Waals surface area contributed by atoms with Crippen LogP contribution >= 0.6 is 9.24 Å². The van der Waals surface area contributed by atoms with Crippen molar-refractivity contribution in [2.24, 2.45) is 0 Å². The van der Waals surface area contributed by atoms with Gasteiger partial charge in [0, 0.05) is 6.42 Å². The van der Waals surface area contributed by atoms with Crippen molar-refractivity contribution in [1.82, 2.24) is 0 Å². The first-order valence-corrected chi connectivity index (χ1v) is 6.78. The highest BCUT2D eigenvalue weighted by Crippen LogP contribution is 2.30. The lowest BCUT2D eigenvalue weighted by Gasteiger charge is -2.34. The van der Waals surface area contributed by atoms with E-state index in [1.54, 1.807) is 0 Å². The van der Waals surface area contributed by atoms with Gasteiger partial charge in [0.1, 0.15) is 5.60 Å². The van der Waals surface area contributed by atoms with Gasteiger partial charge in [-0.25, -0.2) is 0 Å². The summed E-state index contributed by atoms with van der Waals surface area (Å²) in [6.45, 7) is 6.18. The summed E-state index contributed by atoms with van der Waals surface area (Å²) in [5.74, 6) is 0.900. The Morgan fingerprint density at radius 3 is 2.71 bits per heavy atom. The molecule has 0 saturated carbocycles. The van der Waals surface area contributed by atoms with Crippen LogP contribution in [0.1, 0.15) is 40.0 Å². The molecule has 3 heteroatoms. The summed E-state index contributed by atoms with van der Waals surface area (Å²) >= 11 is 0. The van der Waals surface area contributed by atoms with Gasteiger partial charge in [0.15, 0.2) is 0 Å². The van der Waals surface area contributed by atoms with Crippen LogP contribution in [-0.4, -0.2) is 16.8 Å². The smallest absolute Gasteiger partial charge is 0.111 e. The molecule has 17 heavy (non-hydrogen) atoms. The number of aliphatic hydroxyl groups is 1. The average Bonchev–Trinajstić information content (AvgIpc) is 2.27. The van der Waals surface area contributed by atoms with Gasteiger partial charge in [0.05, 0.1) is 11.9 Å². The second-order valence-electron chi connectivity index (χ2n) is 4.57. The number of allylic oxidation sites excluding steroid dienone is 5. The van der Waals surface area contributed by atoms with E-state index in [0.29, 0.717) is 6.42 Å². The van der Waals surface area contributed by atoms with Crippen LogP contribution in [0.3, 0.4) is 0 Å². The molecule has 0 radical (unpaired) electrons. The van der Waals surface area contributed by atoms with Crippen LogP contribution in [0.4, 0.5) is 0 Å². The average molecular weight is 254 g/mol. The monoisotopic (exact) mass is 254 g/mol. The Hall–Kier alpha value is -0.590. The van der Waals surface area contributed by atoms with Gasteiger partial charge in [-0.15, -0.1) is 9.24 Å². The van der Waals surface area contributed by atoms with Crippen molar-refractivity contribution in [3.8, 4) is 0 Å². The highest BCUT2D eigenvalue weighted by atomic mass is 31.0. The molecule has 0 aromatic carbocycles. The summed E-state index contributed by atoms with van der Waals surface area (Å²) < 4.78 is 6.07. The molecule has 2 nitrogen and oxygen atoms in total. The first-order valence-electron chi connectivity index (χ1n) is 6.20. The molecule has 2 unspecified atom stereocenters. The van der Waals surface area contributed by atoms with Crippen LogP contribution in [-0.2, 0) is 4.74 Å². The molecular weight excluding hydrogens is 231 g/mol. The van der Waals surface area contributed by atoms with E-state index < -0.39 is 6.10 Å². The van der Waals surface area contributed by atoms with Gasteiger partial charge < -0.3 is 9.84 Å². The third-order valence-electron chi connectivity index (χ3n) is 3.24. The normalized spacial score (nSPS) is 32.6. The van der Waals surface area contributed by atoms with E-state index in [9.17, 15) is 5.11 Å². The molecule has 0 amide bonds. The highest BCUT2D eigenvalue weighted by molar-refractivity contribution is 7.22. The van der Waals surface area contributed by atoms with Gasteiger partial charge in [0.2, 0.25) is 0 Å². The van der Waals surface area contributed by atoms with Crippen LogP contribution in [0.15, 0.2) is 35.4 Å². The fourth-order valence-electron chi connectivity index (χ4n) is 2.12. The van der Waals surface area contributed by atoms with Crippen LogP contribution < -0.4 is 0 Å². The Kier molecular flexibility index (Phi) is 5.42. The minimum absolute atomic E-state index is 0.257. The summed E-state index contributed by atoms with van der Waals surface area (Å²) in [5, 5.41) is 11.0. The lowest BCUT2D eigenvalue weighted by molar-refractivity contribution is -0.0341. The molecule has 0 saturated heterocycles. The molecule has 0 bridgehead atoms. The molecule has 1 N–H and O–H groups in total. The molecule has 0 aromatic rings. The molecule has 96 valence electrons. The van der Waals surface area contributed by atoms with Gasteiger partial charge in [-0.05, 0) is 31.2 Å². The summed E-state index contributed by atoms with van der Waals surface area (Å²) in [7, 11) is 2.66. The van der Waals surface area contributed by atoms with E-state index in [2.05, 4.69) is 23.1 Å². The molecule has 1 rings (SSSR count). The first kappa shape index (κ1) is 14.5. The van der Waals surface area contributed by atoms with E-state index in [4.69, 9.17) is 4.74 Å². The zero-order valence-electron chi connectivity index (χ0n) is 10.9. The second kappa shape index (κ2) is 6.37. The zero-order valence-corrected chi connectivity index (χ0v) is 12.1. The standard InChI is InChI=1S/C14H23O2P/c1-4-14(5-2)10-12(15)7-6-8-13(17)9-11(3)16-14/h6-9,12,15H,4-5,10,17H2,1-3H3/b7-6+,11-9+,13-8+. The van der Waals surface area contributed by atoms with E-state index in [0.717, 1.165) is 23.9 Å². The number of ether oxygens (including phenoxy) is 1. The molecule has 0 aromatic heterocycles. The summed E-state index contributed by atoms with van der Waals surface area (Å²) in [4.78, 5) is 0.